The van der Waals surface area contributed by atoms with E-state index in [9.17, 15) is 9.59 Å². The van der Waals surface area contributed by atoms with E-state index in [4.69, 9.17) is 10.2 Å². The fraction of sp³-hybridized carbons (Fsp3) is 0.333. The van der Waals surface area contributed by atoms with E-state index in [0.29, 0.717) is 0 Å². The van der Waals surface area contributed by atoms with Gasteiger partial charge in [0.2, 0.25) is 5.91 Å². The average molecular weight is 237 g/mol. The molecule has 0 aliphatic rings. The Labute approximate surface area is 99.1 Å². The van der Waals surface area contributed by atoms with E-state index in [1.165, 1.54) is 0 Å². The summed E-state index contributed by atoms with van der Waals surface area (Å²) in [6.07, 6.45) is 0.145. The van der Waals surface area contributed by atoms with Gasteiger partial charge in [0.05, 0.1) is 6.42 Å². The van der Waals surface area contributed by atoms with E-state index in [-0.39, 0.29) is 25.4 Å². The summed E-state index contributed by atoms with van der Waals surface area (Å²) in [6, 6.07) is 8.02. The Kier molecular flexibility index (Phi) is 5.16. The van der Waals surface area contributed by atoms with Gasteiger partial charge in [-0.25, -0.2) is 4.79 Å². The molecule has 0 aliphatic heterocycles. The molecule has 1 atom stereocenters. The largest absolute Gasteiger partial charge is 0.480 e. The normalized spacial score (nSPS) is 11.8. The molecule has 3 N–H and O–H groups in total. The molecule has 1 aromatic carbocycles. The Bertz CT molecular complexity index is 377. The highest BCUT2D eigenvalue weighted by Gasteiger charge is 2.18. The van der Waals surface area contributed by atoms with Crippen LogP contribution in [0.4, 0.5) is 0 Å². The molecule has 5 nitrogen and oxygen atoms in total. The van der Waals surface area contributed by atoms with Gasteiger partial charge < -0.3 is 15.5 Å². The van der Waals surface area contributed by atoms with E-state index in [0.717, 1.165) is 5.56 Å². The van der Waals surface area contributed by atoms with Gasteiger partial charge in [-0.1, -0.05) is 30.3 Å². The van der Waals surface area contributed by atoms with E-state index in [2.05, 4.69) is 5.32 Å². The quantitative estimate of drug-likeness (QED) is 0.658. The van der Waals surface area contributed by atoms with Gasteiger partial charge in [-0.15, -0.1) is 0 Å². The SMILES string of the molecule is O=C(Cc1ccccc1)NC(CCO)C(=O)O. The molecule has 5 heteroatoms. The maximum atomic E-state index is 11.5. The molecule has 0 aromatic heterocycles. The number of carbonyl (C=O) groups excluding carboxylic acids is 1. The molecule has 0 fully saturated rings. The Balaban J connectivity index is 2.51. The molecule has 0 saturated carbocycles. The summed E-state index contributed by atoms with van der Waals surface area (Å²) < 4.78 is 0. The van der Waals surface area contributed by atoms with Crippen molar-refractivity contribution in [3.05, 3.63) is 35.9 Å². The van der Waals surface area contributed by atoms with Crippen molar-refractivity contribution >= 4 is 11.9 Å². The molecule has 1 unspecified atom stereocenters. The minimum atomic E-state index is -1.14. The summed E-state index contributed by atoms with van der Waals surface area (Å²) in [5.74, 6) is -1.50. The summed E-state index contributed by atoms with van der Waals surface area (Å²) in [5, 5.41) is 19.8. The van der Waals surface area contributed by atoms with Crippen molar-refractivity contribution in [2.75, 3.05) is 6.61 Å². The van der Waals surface area contributed by atoms with Crippen molar-refractivity contribution in [1.29, 1.82) is 0 Å². The van der Waals surface area contributed by atoms with Crippen LogP contribution >= 0.6 is 0 Å². The van der Waals surface area contributed by atoms with Crippen molar-refractivity contribution in [2.45, 2.75) is 18.9 Å². The highest BCUT2D eigenvalue weighted by Crippen LogP contribution is 2.00. The maximum Gasteiger partial charge on any atom is 0.326 e. The number of amides is 1. The average Bonchev–Trinajstić information content (AvgIpc) is 2.29. The van der Waals surface area contributed by atoms with Crippen molar-refractivity contribution in [1.82, 2.24) is 5.32 Å². The molecule has 1 aromatic rings. The van der Waals surface area contributed by atoms with E-state index in [1.807, 2.05) is 18.2 Å². The lowest BCUT2D eigenvalue weighted by Gasteiger charge is -2.13. The zero-order valence-corrected chi connectivity index (χ0v) is 9.30. The topological polar surface area (TPSA) is 86.6 Å². The van der Waals surface area contributed by atoms with Crippen LogP contribution < -0.4 is 5.32 Å². The van der Waals surface area contributed by atoms with Crippen molar-refractivity contribution in [3.63, 3.8) is 0 Å². The number of carboxylic acids is 1. The molecule has 0 spiro atoms. The molecule has 0 radical (unpaired) electrons. The fourth-order valence-corrected chi connectivity index (χ4v) is 1.41. The summed E-state index contributed by atoms with van der Waals surface area (Å²) in [5.41, 5.74) is 0.818. The van der Waals surface area contributed by atoms with Crippen molar-refractivity contribution < 1.29 is 19.8 Å². The maximum absolute atomic E-state index is 11.5. The molecule has 1 amide bonds. The number of nitrogens with one attached hydrogen (secondary N) is 1. The summed E-state index contributed by atoms with van der Waals surface area (Å²) >= 11 is 0. The summed E-state index contributed by atoms with van der Waals surface area (Å²) in [4.78, 5) is 22.3. The minimum Gasteiger partial charge on any atom is -0.480 e. The van der Waals surface area contributed by atoms with Crippen LogP contribution in [0, 0.1) is 0 Å². The minimum absolute atomic E-state index is 0.00978. The standard InChI is InChI=1S/C12H15NO4/c14-7-6-10(12(16)17)13-11(15)8-9-4-2-1-3-5-9/h1-5,10,14H,6-8H2,(H,13,15)(H,16,17). The van der Waals surface area contributed by atoms with Gasteiger partial charge in [0.15, 0.2) is 0 Å². The number of hydrogen-bond donors (Lipinski definition) is 3. The fourth-order valence-electron chi connectivity index (χ4n) is 1.41. The molecule has 0 heterocycles. The van der Waals surface area contributed by atoms with Crippen LogP contribution in [0.5, 0.6) is 0 Å². The predicted octanol–water partition coefficient (Wildman–Crippen LogP) is 0.181. The van der Waals surface area contributed by atoms with Crippen LogP contribution in [-0.4, -0.2) is 34.7 Å². The van der Waals surface area contributed by atoms with Gasteiger partial charge in [-0.3, -0.25) is 4.79 Å². The Morgan fingerprint density at radius 3 is 2.41 bits per heavy atom. The lowest BCUT2D eigenvalue weighted by molar-refractivity contribution is -0.142. The third-order valence-electron chi connectivity index (χ3n) is 2.26. The van der Waals surface area contributed by atoms with E-state index in [1.54, 1.807) is 12.1 Å². The van der Waals surface area contributed by atoms with E-state index >= 15 is 0 Å². The highest BCUT2D eigenvalue weighted by atomic mass is 16.4. The van der Waals surface area contributed by atoms with Gasteiger partial charge in [-0.2, -0.15) is 0 Å². The second-order valence-corrected chi connectivity index (χ2v) is 3.63. The number of benzene rings is 1. The van der Waals surface area contributed by atoms with Gasteiger partial charge in [-0.05, 0) is 5.56 Å². The molecule has 0 bridgehead atoms. The third-order valence-corrected chi connectivity index (χ3v) is 2.26. The molecule has 17 heavy (non-hydrogen) atoms. The van der Waals surface area contributed by atoms with Crippen LogP contribution in [0.3, 0.4) is 0 Å². The summed E-state index contributed by atoms with van der Waals surface area (Å²) in [6.45, 7) is -0.275. The first-order chi connectivity index (χ1) is 8.13. The molecule has 92 valence electrons. The van der Waals surface area contributed by atoms with E-state index < -0.39 is 12.0 Å². The number of carbonyl (C=O) groups is 2. The van der Waals surface area contributed by atoms with Crippen molar-refractivity contribution in [2.24, 2.45) is 0 Å². The smallest absolute Gasteiger partial charge is 0.326 e. The van der Waals surface area contributed by atoms with Crippen molar-refractivity contribution in [3.8, 4) is 0 Å². The number of aliphatic hydroxyl groups excluding tert-OH is 1. The number of hydrogen-bond acceptors (Lipinski definition) is 3. The Morgan fingerprint density at radius 2 is 1.88 bits per heavy atom. The lowest BCUT2D eigenvalue weighted by atomic mass is 10.1. The lowest BCUT2D eigenvalue weighted by Crippen LogP contribution is -2.42. The number of aliphatic hydroxyl groups is 1. The molecule has 0 saturated heterocycles. The first-order valence-corrected chi connectivity index (χ1v) is 5.30. The van der Waals surface area contributed by atoms with Gasteiger partial charge >= 0.3 is 5.97 Å². The van der Waals surface area contributed by atoms with Gasteiger partial charge in [0.25, 0.3) is 0 Å². The number of aliphatic carboxylic acids is 1. The van der Waals surface area contributed by atoms with Crippen LogP contribution in [0.1, 0.15) is 12.0 Å². The first kappa shape index (κ1) is 13.2. The predicted molar refractivity (Wildman–Crippen MR) is 61.4 cm³/mol. The zero-order valence-electron chi connectivity index (χ0n) is 9.30. The molecule has 1 rings (SSSR count). The number of rotatable bonds is 6. The van der Waals surface area contributed by atoms with Gasteiger partial charge in [0.1, 0.15) is 6.04 Å². The van der Waals surface area contributed by atoms with Crippen LogP contribution in [0.25, 0.3) is 0 Å². The highest BCUT2D eigenvalue weighted by molar-refractivity contribution is 5.84. The van der Waals surface area contributed by atoms with Crippen LogP contribution in [-0.2, 0) is 16.0 Å². The van der Waals surface area contributed by atoms with Crippen LogP contribution in [0.15, 0.2) is 30.3 Å². The molecular formula is C12H15NO4. The summed E-state index contributed by atoms with van der Waals surface area (Å²) in [7, 11) is 0. The molecular weight excluding hydrogens is 222 g/mol. The zero-order chi connectivity index (χ0) is 12.7. The second-order valence-electron chi connectivity index (χ2n) is 3.63. The second kappa shape index (κ2) is 6.65. The Hall–Kier alpha value is -1.88. The first-order valence-electron chi connectivity index (χ1n) is 5.30. The monoisotopic (exact) mass is 237 g/mol. The number of carboxylic acid groups (broad SMARTS) is 1. The molecule has 0 aliphatic carbocycles. The van der Waals surface area contributed by atoms with Gasteiger partial charge in [0, 0.05) is 13.0 Å². The third kappa shape index (κ3) is 4.65. The Morgan fingerprint density at radius 1 is 1.24 bits per heavy atom. The van der Waals surface area contributed by atoms with Crippen LogP contribution in [0.2, 0.25) is 0 Å².